The van der Waals surface area contributed by atoms with E-state index in [1.165, 1.54) is 25.7 Å². The molecule has 2 unspecified atom stereocenters. The maximum absolute atomic E-state index is 6.26. The first-order chi connectivity index (χ1) is 7.77. The number of unbranched alkanes of at least 4 members (excludes halogenated alkanes) is 1. The van der Waals surface area contributed by atoms with Crippen molar-refractivity contribution in [2.45, 2.75) is 52.0 Å². The first-order valence-corrected chi connectivity index (χ1v) is 6.43. The fourth-order valence-electron chi connectivity index (χ4n) is 2.11. The van der Waals surface area contributed by atoms with Gasteiger partial charge in [-0.1, -0.05) is 39.2 Å². The number of hydrogen-bond donors (Lipinski definition) is 1. The SMILES string of the molecule is CCCCC(CC)C(N)Cc1ccccn1. The van der Waals surface area contributed by atoms with Crippen molar-refractivity contribution in [3.63, 3.8) is 0 Å². The Morgan fingerprint density at radius 1 is 1.31 bits per heavy atom. The van der Waals surface area contributed by atoms with Gasteiger partial charge in [-0.2, -0.15) is 0 Å². The summed E-state index contributed by atoms with van der Waals surface area (Å²) in [6.07, 6.45) is 7.72. The van der Waals surface area contributed by atoms with Crippen molar-refractivity contribution in [1.82, 2.24) is 4.98 Å². The van der Waals surface area contributed by atoms with E-state index in [1.807, 2.05) is 18.3 Å². The zero-order valence-electron chi connectivity index (χ0n) is 10.5. The molecular formula is C14H24N2. The van der Waals surface area contributed by atoms with E-state index in [0.29, 0.717) is 5.92 Å². The summed E-state index contributed by atoms with van der Waals surface area (Å²) in [6.45, 7) is 4.47. The van der Waals surface area contributed by atoms with E-state index in [-0.39, 0.29) is 6.04 Å². The molecule has 0 spiro atoms. The van der Waals surface area contributed by atoms with Gasteiger partial charge >= 0.3 is 0 Å². The smallest absolute Gasteiger partial charge is 0.0419 e. The van der Waals surface area contributed by atoms with E-state index in [9.17, 15) is 0 Å². The molecule has 2 atom stereocenters. The molecule has 0 saturated carbocycles. The molecule has 0 saturated heterocycles. The minimum Gasteiger partial charge on any atom is -0.327 e. The Balaban J connectivity index is 2.46. The van der Waals surface area contributed by atoms with Crippen LogP contribution in [0.15, 0.2) is 24.4 Å². The Morgan fingerprint density at radius 2 is 2.12 bits per heavy atom. The molecule has 0 aliphatic heterocycles. The average molecular weight is 220 g/mol. The number of nitrogens with zero attached hydrogens (tertiary/aromatic N) is 1. The molecule has 2 N–H and O–H groups in total. The van der Waals surface area contributed by atoms with Crippen LogP contribution in [0.3, 0.4) is 0 Å². The molecule has 2 heteroatoms. The van der Waals surface area contributed by atoms with E-state index in [1.54, 1.807) is 0 Å². The molecule has 0 radical (unpaired) electrons. The number of hydrogen-bond acceptors (Lipinski definition) is 2. The number of pyridine rings is 1. The largest absolute Gasteiger partial charge is 0.327 e. The summed E-state index contributed by atoms with van der Waals surface area (Å²) in [4.78, 5) is 4.34. The molecule has 90 valence electrons. The fourth-order valence-corrected chi connectivity index (χ4v) is 2.11. The van der Waals surface area contributed by atoms with Crippen LogP contribution in [0.5, 0.6) is 0 Å². The van der Waals surface area contributed by atoms with Crippen LogP contribution in [0.1, 0.15) is 45.2 Å². The quantitative estimate of drug-likeness (QED) is 0.766. The third kappa shape index (κ3) is 4.31. The van der Waals surface area contributed by atoms with Crippen molar-refractivity contribution in [3.8, 4) is 0 Å². The Morgan fingerprint density at radius 3 is 2.69 bits per heavy atom. The molecule has 1 heterocycles. The van der Waals surface area contributed by atoms with Crippen molar-refractivity contribution in [2.24, 2.45) is 11.7 Å². The predicted octanol–water partition coefficient (Wildman–Crippen LogP) is 3.17. The highest BCUT2D eigenvalue weighted by molar-refractivity contribution is 5.05. The average Bonchev–Trinajstić information content (AvgIpc) is 2.31. The van der Waals surface area contributed by atoms with Crippen LogP contribution >= 0.6 is 0 Å². The summed E-state index contributed by atoms with van der Waals surface area (Å²) in [7, 11) is 0. The van der Waals surface area contributed by atoms with Crippen LogP contribution in [-0.2, 0) is 6.42 Å². The lowest BCUT2D eigenvalue weighted by molar-refractivity contribution is 0.367. The van der Waals surface area contributed by atoms with Crippen LogP contribution in [0.4, 0.5) is 0 Å². The lowest BCUT2D eigenvalue weighted by Crippen LogP contribution is -2.32. The van der Waals surface area contributed by atoms with Gasteiger partial charge in [-0.05, 0) is 24.5 Å². The molecular weight excluding hydrogens is 196 g/mol. The Hall–Kier alpha value is -0.890. The normalized spacial score (nSPS) is 14.7. The second-order valence-corrected chi connectivity index (χ2v) is 4.50. The summed E-state index contributed by atoms with van der Waals surface area (Å²) in [5.41, 5.74) is 7.38. The molecule has 1 aromatic rings. The fraction of sp³-hybridized carbons (Fsp3) is 0.643. The van der Waals surface area contributed by atoms with E-state index < -0.39 is 0 Å². The summed E-state index contributed by atoms with van der Waals surface area (Å²) < 4.78 is 0. The summed E-state index contributed by atoms with van der Waals surface area (Å²) in [5.74, 6) is 0.641. The van der Waals surface area contributed by atoms with Crippen LogP contribution in [0.2, 0.25) is 0 Å². The van der Waals surface area contributed by atoms with Crippen molar-refractivity contribution >= 4 is 0 Å². The topological polar surface area (TPSA) is 38.9 Å². The van der Waals surface area contributed by atoms with E-state index in [4.69, 9.17) is 5.73 Å². The van der Waals surface area contributed by atoms with E-state index >= 15 is 0 Å². The standard InChI is InChI=1S/C14H24N2/c1-3-5-8-12(4-2)14(15)11-13-9-6-7-10-16-13/h6-7,9-10,12,14H,3-5,8,11,15H2,1-2H3. The van der Waals surface area contributed by atoms with E-state index in [2.05, 4.69) is 24.9 Å². The van der Waals surface area contributed by atoms with Crippen LogP contribution < -0.4 is 5.73 Å². The lowest BCUT2D eigenvalue weighted by atomic mass is 9.89. The van der Waals surface area contributed by atoms with E-state index in [0.717, 1.165) is 12.1 Å². The molecule has 0 fully saturated rings. The summed E-state index contributed by atoms with van der Waals surface area (Å²) >= 11 is 0. The van der Waals surface area contributed by atoms with Crippen LogP contribution in [0, 0.1) is 5.92 Å². The van der Waals surface area contributed by atoms with Crippen molar-refractivity contribution in [3.05, 3.63) is 30.1 Å². The van der Waals surface area contributed by atoms with Crippen molar-refractivity contribution in [1.29, 1.82) is 0 Å². The second-order valence-electron chi connectivity index (χ2n) is 4.50. The third-order valence-corrected chi connectivity index (χ3v) is 3.23. The molecule has 0 aliphatic carbocycles. The first-order valence-electron chi connectivity index (χ1n) is 6.43. The number of aromatic nitrogens is 1. The van der Waals surface area contributed by atoms with Gasteiger partial charge in [0.2, 0.25) is 0 Å². The summed E-state index contributed by atoms with van der Waals surface area (Å²) in [5, 5.41) is 0. The second kappa shape index (κ2) is 7.39. The van der Waals surface area contributed by atoms with Gasteiger partial charge in [-0.25, -0.2) is 0 Å². The van der Waals surface area contributed by atoms with Gasteiger partial charge in [0.05, 0.1) is 0 Å². The molecule has 16 heavy (non-hydrogen) atoms. The van der Waals surface area contributed by atoms with Gasteiger partial charge in [0.1, 0.15) is 0 Å². The van der Waals surface area contributed by atoms with Crippen LogP contribution in [0.25, 0.3) is 0 Å². The highest BCUT2D eigenvalue weighted by Crippen LogP contribution is 2.17. The maximum atomic E-state index is 6.26. The minimum atomic E-state index is 0.256. The number of rotatable bonds is 7. The number of nitrogens with two attached hydrogens (primary N) is 1. The maximum Gasteiger partial charge on any atom is 0.0419 e. The Labute approximate surface area is 99.3 Å². The van der Waals surface area contributed by atoms with Gasteiger partial charge in [0.25, 0.3) is 0 Å². The molecule has 1 rings (SSSR count). The molecule has 0 bridgehead atoms. The predicted molar refractivity (Wildman–Crippen MR) is 69.2 cm³/mol. The third-order valence-electron chi connectivity index (χ3n) is 3.23. The van der Waals surface area contributed by atoms with Gasteiger partial charge < -0.3 is 5.73 Å². The van der Waals surface area contributed by atoms with Gasteiger partial charge in [0.15, 0.2) is 0 Å². The molecule has 2 nitrogen and oxygen atoms in total. The monoisotopic (exact) mass is 220 g/mol. The molecule has 0 amide bonds. The first kappa shape index (κ1) is 13.2. The highest BCUT2D eigenvalue weighted by Gasteiger charge is 2.16. The Kier molecular flexibility index (Phi) is 6.09. The lowest BCUT2D eigenvalue weighted by Gasteiger charge is -2.22. The molecule has 0 aliphatic rings. The minimum absolute atomic E-state index is 0.256. The van der Waals surface area contributed by atoms with Gasteiger partial charge in [-0.3, -0.25) is 4.98 Å². The molecule has 1 aromatic heterocycles. The zero-order valence-corrected chi connectivity index (χ0v) is 10.5. The van der Waals surface area contributed by atoms with Gasteiger partial charge in [0, 0.05) is 24.4 Å². The molecule has 0 aromatic carbocycles. The van der Waals surface area contributed by atoms with Crippen LogP contribution in [-0.4, -0.2) is 11.0 Å². The summed E-state index contributed by atoms with van der Waals surface area (Å²) in [6, 6.07) is 6.30. The van der Waals surface area contributed by atoms with Crippen molar-refractivity contribution < 1.29 is 0 Å². The van der Waals surface area contributed by atoms with Crippen molar-refractivity contribution in [2.75, 3.05) is 0 Å². The Bertz CT molecular complexity index is 271. The highest BCUT2D eigenvalue weighted by atomic mass is 14.7. The zero-order chi connectivity index (χ0) is 11.8. The van der Waals surface area contributed by atoms with Gasteiger partial charge in [-0.15, -0.1) is 0 Å².